The van der Waals surface area contributed by atoms with Crippen LogP contribution >= 0.6 is 0 Å². The highest BCUT2D eigenvalue weighted by molar-refractivity contribution is 5.56. The van der Waals surface area contributed by atoms with Crippen molar-refractivity contribution in [2.45, 2.75) is 13.3 Å². The summed E-state index contributed by atoms with van der Waals surface area (Å²) in [6, 6.07) is 0. The molecule has 0 aromatic heterocycles. The molecule has 0 aromatic carbocycles. The zero-order valence-corrected chi connectivity index (χ0v) is 3.89. The zero-order chi connectivity index (χ0) is 4.83. The summed E-state index contributed by atoms with van der Waals surface area (Å²) in [5.74, 6) is 0. The molecule has 0 spiro atoms. The Balaban J connectivity index is 2.94. The second-order valence-electron chi connectivity index (χ2n) is 0.848. The Morgan fingerprint density at radius 2 is 2.50 bits per heavy atom. The van der Waals surface area contributed by atoms with E-state index in [1.807, 2.05) is 6.92 Å². The molecule has 0 aliphatic rings. The van der Waals surface area contributed by atoms with Crippen LogP contribution in [0.1, 0.15) is 13.3 Å². The molecule has 0 N–H and O–H groups in total. The second kappa shape index (κ2) is 4.34. The lowest BCUT2D eigenvalue weighted by Crippen LogP contribution is -1.60. The molecule has 0 aromatic rings. The van der Waals surface area contributed by atoms with Crippen LogP contribution in [0.5, 0.6) is 0 Å². The summed E-state index contributed by atoms with van der Waals surface area (Å²) in [5.41, 5.74) is 0. The molecule has 0 rings (SSSR count). The van der Waals surface area contributed by atoms with Crippen molar-refractivity contribution < 1.29 is 0 Å². The maximum atomic E-state index is 3.48. The van der Waals surface area contributed by atoms with Gasteiger partial charge in [0.1, 0.15) is 0 Å². The Bertz CT molecular complexity index is 56.6. The van der Waals surface area contributed by atoms with Crippen LogP contribution in [0.3, 0.4) is 0 Å². The fraction of sp³-hybridized carbons (Fsp3) is 0.500. The summed E-state index contributed by atoms with van der Waals surface area (Å²) in [6.45, 7) is 5.14. The lowest BCUT2D eigenvalue weighted by Gasteiger charge is -1.67. The molecule has 0 saturated heterocycles. The lowest BCUT2D eigenvalue weighted by atomic mass is 10.6. The van der Waals surface area contributed by atoms with Crippen molar-refractivity contribution in [1.29, 1.82) is 0 Å². The molecule has 0 unspecified atom stereocenters. The maximum absolute atomic E-state index is 3.48. The van der Waals surface area contributed by atoms with E-state index in [1.54, 1.807) is 6.21 Å². The monoisotopic (exact) mass is 84.1 g/mol. The molecule has 6 heavy (non-hydrogen) atoms. The molecule has 0 aliphatic carbocycles. The molecule has 0 atom stereocenters. The van der Waals surface area contributed by atoms with Crippen molar-refractivity contribution in [3.63, 3.8) is 0 Å². The van der Waals surface area contributed by atoms with Crippen LogP contribution in [0.15, 0.2) is 10.2 Å². The van der Waals surface area contributed by atoms with E-state index in [9.17, 15) is 0 Å². The molecular formula is C4H8N2. The highest BCUT2D eigenvalue weighted by atomic mass is 15.2. The predicted octanol–water partition coefficient (Wildman–Crippen LogP) is 1.08. The van der Waals surface area contributed by atoms with Gasteiger partial charge in [0, 0.05) is 12.9 Å². The van der Waals surface area contributed by atoms with Gasteiger partial charge in [-0.25, -0.2) is 0 Å². The highest BCUT2D eigenvalue weighted by Gasteiger charge is 1.56. The number of nitrogens with zero attached hydrogens (tertiary/aromatic N) is 2. The Hall–Kier alpha value is -0.660. The third kappa shape index (κ3) is 3.34. The first-order valence-corrected chi connectivity index (χ1v) is 1.89. The topological polar surface area (TPSA) is 24.7 Å². The minimum Gasteiger partial charge on any atom is -0.167 e. The van der Waals surface area contributed by atoms with Crippen molar-refractivity contribution in [1.82, 2.24) is 0 Å². The van der Waals surface area contributed by atoms with Gasteiger partial charge in [0.25, 0.3) is 0 Å². The Morgan fingerprint density at radius 1 is 1.83 bits per heavy atom. The quantitative estimate of drug-likeness (QED) is 0.353. The SMILES string of the molecule is C=N/N=C/CC. The van der Waals surface area contributed by atoms with Gasteiger partial charge < -0.3 is 0 Å². The first-order valence-electron chi connectivity index (χ1n) is 1.89. The number of rotatable bonds is 2. The summed E-state index contributed by atoms with van der Waals surface area (Å²) < 4.78 is 0. The third-order valence-electron chi connectivity index (χ3n) is 0.346. The van der Waals surface area contributed by atoms with E-state index in [2.05, 4.69) is 16.9 Å². The highest BCUT2D eigenvalue weighted by Crippen LogP contribution is 1.66. The van der Waals surface area contributed by atoms with Gasteiger partial charge in [-0.3, -0.25) is 0 Å². The summed E-state index contributed by atoms with van der Waals surface area (Å²) >= 11 is 0. The Labute approximate surface area is 37.6 Å². The van der Waals surface area contributed by atoms with Crippen molar-refractivity contribution in [3.8, 4) is 0 Å². The van der Waals surface area contributed by atoms with Crippen molar-refractivity contribution in [3.05, 3.63) is 0 Å². The summed E-state index contributed by atoms with van der Waals surface area (Å²) in [4.78, 5) is 0. The van der Waals surface area contributed by atoms with Crippen molar-refractivity contribution >= 4 is 12.9 Å². The fourth-order valence-electron chi connectivity index (χ4n) is 0.139. The third-order valence-corrected chi connectivity index (χ3v) is 0.346. The van der Waals surface area contributed by atoms with Crippen molar-refractivity contribution in [2.24, 2.45) is 10.2 Å². The molecule has 0 saturated carbocycles. The van der Waals surface area contributed by atoms with Crippen LogP contribution in [0.25, 0.3) is 0 Å². The smallest absolute Gasteiger partial charge is 0.0267 e. The van der Waals surface area contributed by atoms with E-state index in [1.165, 1.54) is 0 Å². The fourth-order valence-corrected chi connectivity index (χ4v) is 0.139. The number of hydrogen-bond acceptors (Lipinski definition) is 2. The van der Waals surface area contributed by atoms with Gasteiger partial charge in [-0.1, -0.05) is 6.92 Å². The van der Waals surface area contributed by atoms with Gasteiger partial charge in [-0.05, 0) is 6.42 Å². The molecule has 34 valence electrons. The summed E-state index contributed by atoms with van der Waals surface area (Å²) in [6.07, 6.45) is 2.63. The molecule has 0 aliphatic heterocycles. The van der Waals surface area contributed by atoms with Gasteiger partial charge in [0.15, 0.2) is 0 Å². The molecule has 0 heterocycles. The molecular weight excluding hydrogens is 76.1 g/mol. The van der Waals surface area contributed by atoms with Gasteiger partial charge in [0.05, 0.1) is 0 Å². The van der Waals surface area contributed by atoms with Crippen LogP contribution in [0.4, 0.5) is 0 Å². The molecule has 2 heteroatoms. The van der Waals surface area contributed by atoms with Gasteiger partial charge in [-0.15, -0.1) is 0 Å². The van der Waals surface area contributed by atoms with E-state index in [4.69, 9.17) is 0 Å². The van der Waals surface area contributed by atoms with E-state index >= 15 is 0 Å². The minimum atomic E-state index is 0.930. The first-order chi connectivity index (χ1) is 2.91. The van der Waals surface area contributed by atoms with Crippen LogP contribution in [-0.2, 0) is 0 Å². The predicted molar refractivity (Wildman–Crippen MR) is 28.3 cm³/mol. The second-order valence-corrected chi connectivity index (χ2v) is 0.848. The molecule has 0 radical (unpaired) electrons. The maximum Gasteiger partial charge on any atom is 0.0267 e. The van der Waals surface area contributed by atoms with E-state index in [-0.39, 0.29) is 0 Å². The van der Waals surface area contributed by atoms with Crippen molar-refractivity contribution in [2.75, 3.05) is 0 Å². The van der Waals surface area contributed by atoms with Gasteiger partial charge >= 0.3 is 0 Å². The number of hydrogen-bond donors (Lipinski definition) is 0. The summed E-state index contributed by atoms with van der Waals surface area (Å²) in [5, 5.41) is 6.72. The van der Waals surface area contributed by atoms with Crippen LogP contribution in [0.2, 0.25) is 0 Å². The van der Waals surface area contributed by atoms with Crippen LogP contribution in [0, 0.1) is 0 Å². The molecule has 0 fully saturated rings. The van der Waals surface area contributed by atoms with Gasteiger partial charge in [0.2, 0.25) is 0 Å². The Morgan fingerprint density at radius 3 is 2.67 bits per heavy atom. The van der Waals surface area contributed by atoms with Crippen LogP contribution in [-0.4, -0.2) is 12.9 Å². The average molecular weight is 84.1 g/mol. The average Bonchev–Trinajstić information content (AvgIpc) is 1.61. The molecule has 2 nitrogen and oxygen atoms in total. The lowest BCUT2D eigenvalue weighted by molar-refractivity contribution is 1.22. The molecule has 0 bridgehead atoms. The summed E-state index contributed by atoms with van der Waals surface area (Å²) in [7, 11) is 0. The largest absolute Gasteiger partial charge is 0.167 e. The molecule has 0 amide bonds. The van der Waals surface area contributed by atoms with E-state index < -0.39 is 0 Å². The Kier molecular flexibility index (Phi) is 3.86. The normalized spacial score (nSPS) is 9.50. The zero-order valence-electron chi connectivity index (χ0n) is 3.89. The van der Waals surface area contributed by atoms with Crippen LogP contribution < -0.4 is 0 Å². The van der Waals surface area contributed by atoms with Gasteiger partial charge in [-0.2, -0.15) is 10.2 Å². The first kappa shape index (κ1) is 5.34. The van der Waals surface area contributed by atoms with E-state index in [0.29, 0.717) is 0 Å². The standard InChI is InChI=1S/C4H8N2/c1-3-4-6-5-2/h4H,2-3H2,1H3/b6-4+. The minimum absolute atomic E-state index is 0.930. The van der Waals surface area contributed by atoms with E-state index in [0.717, 1.165) is 6.42 Å².